The van der Waals surface area contributed by atoms with Crippen LogP contribution >= 0.6 is 0 Å². The lowest BCUT2D eigenvalue weighted by atomic mass is 10.2. The monoisotopic (exact) mass is 468 g/mol. The first-order valence-electron chi connectivity index (χ1n) is 9.85. The van der Waals surface area contributed by atoms with Crippen LogP contribution in [0.25, 0.3) is 0 Å². The molecule has 4 rings (SSSR count). The number of para-hydroxylation sites is 1. The number of hydrogen-bond donors (Lipinski definition) is 1. The number of amides is 1. The highest BCUT2D eigenvalue weighted by molar-refractivity contribution is 7.92. The van der Waals surface area contributed by atoms with E-state index in [2.05, 4.69) is 5.32 Å². The van der Waals surface area contributed by atoms with E-state index in [9.17, 15) is 18.0 Å². The van der Waals surface area contributed by atoms with Gasteiger partial charge in [0.15, 0.2) is 18.1 Å². The number of benzene rings is 3. The summed E-state index contributed by atoms with van der Waals surface area (Å²) in [4.78, 5) is 24.5. The highest BCUT2D eigenvalue weighted by Gasteiger charge is 2.23. The normalized spacial score (nSPS) is 12.2. The van der Waals surface area contributed by atoms with E-state index >= 15 is 0 Å². The van der Waals surface area contributed by atoms with E-state index in [1.54, 1.807) is 48.5 Å². The standard InChI is InChI=1S/C23H20N2O7S/c1-25(18-7-3-2-4-8-18)33(28,29)19-9-5-6-16(12-19)23(27)30-14-22(26)24-17-10-11-20-21(13-17)32-15-31-20/h2-13H,14-15H2,1H3,(H,24,26). The molecule has 1 N–H and O–H groups in total. The summed E-state index contributed by atoms with van der Waals surface area (Å²) >= 11 is 0. The average molecular weight is 468 g/mol. The number of sulfonamides is 1. The van der Waals surface area contributed by atoms with Crippen molar-refractivity contribution in [1.29, 1.82) is 0 Å². The maximum absolute atomic E-state index is 12.9. The quantitative estimate of drug-likeness (QED) is 0.531. The molecule has 9 nitrogen and oxygen atoms in total. The van der Waals surface area contributed by atoms with Crippen LogP contribution in [0.4, 0.5) is 11.4 Å². The SMILES string of the molecule is CN(c1ccccc1)S(=O)(=O)c1cccc(C(=O)OCC(=O)Nc2ccc3c(c2)OCO3)c1. The molecule has 1 amide bonds. The van der Waals surface area contributed by atoms with Crippen molar-refractivity contribution in [3.8, 4) is 11.5 Å². The van der Waals surface area contributed by atoms with Crippen molar-refractivity contribution in [3.63, 3.8) is 0 Å². The maximum atomic E-state index is 12.9. The van der Waals surface area contributed by atoms with Gasteiger partial charge in [-0.3, -0.25) is 9.10 Å². The first-order chi connectivity index (χ1) is 15.8. The van der Waals surface area contributed by atoms with Crippen LogP contribution in [0.2, 0.25) is 0 Å². The summed E-state index contributed by atoms with van der Waals surface area (Å²) in [6.45, 7) is -0.436. The molecule has 0 spiro atoms. The lowest BCUT2D eigenvalue weighted by molar-refractivity contribution is -0.119. The third-order valence-corrected chi connectivity index (χ3v) is 6.62. The van der Waals surface area contributed by atoms with Crippen molar-refractivity contribution in [2.45, 2.75) is 4.90 Å². The second kappa shape index (κ2) is 9.21. The summed E-state index contributed by atoms with van der Waals surface area (Å²) in [5.74, 6) is -0.305. The fourth-order valence-electron chi connectivity index (χ4n) is 3.10. The average Bonchev–Trinajstić information content (AvgIpc) is 3.30. The van der Waals surface area contributed by atoms with Crippen LogP contribution in [0, 0.1) is 0 Å². The predicted octanol–water partition coefficient (Wildman–Crippen LogP) is 3.04. The molecule has 0 radical (unpaired) electrons. The highest BCUT2D eigenvalue weighted by Crippen LogP contribution is 2.34. The Balaban J connectivity index is 1.40. The van der Waals surface area contributed by atoms with E-state index in [0.717, 1.165) is 4.31 Å². The number of fused-ring (bicyclic) bond motifs is 1. The summed E-state index contributed by atoms with van der Waals surface area (Å²) in [6, 6.07) is 18.9. The van der Waals surface area contributed by atoms with Gasteiger partial charge in [-0.15, -0.1) is 0 Å². The zero-order chi connectivity index (χ0) is 23.4. The van der Waals surface area contributed by atoms with E-state index in [1.165, 1.54) is 31.3 Å². The van der Waals surface area contributed by atoms with Gasteiger partial charge in [0.1, 0.15) is 0 Å². The van der Waals surface area contributed by atoms with Gasteiger partial charge in [0, 0.05) is 18.8 Å². The summed E-state index contributed by atoms with van der Waals surface area (Å²) in [5, 5.41) is 2.59. The summed E-state index contributed by atoms with van der Waals surface area (Å²) in [6.07, 6.45) is 0. The van der Waals surface area contributed by atoms with E-state index in [4.69, 9.17) is 14.2 Å². The Labute approximate surface area is 190 Å². The van der Waals surface area contributed by atoms with Crippen molar-refractivity contribution in [3.05, 3.63) is 78.4 Å². The van der Waals surface area contributed by atoms with Gasteiger partial charge < -0.3 is 19.5 Å². The molecule has 3 aromatic rings. The number of nitrogens with zero attached hydrogens (tertiary/aromatic N) is 1. The van der Waals surface area contributed by atoms with Crippen molar-refractivity contribution in [2.75, 3.05) is 30.1 Å². The Kier molecular flexibility index (Phi) is 6.18. The summed E-state index contributed by atoms with van der Waals surface area (Å²) in [7, 11) is -2.47. The molecule has 1 aliphatic rings. The van der Waals surface area contributed by atoms with E-state index in [1.807, 2.05) is 0 Å². The number of ether oxygens (including phenoxy) is 3. The summed E-state index contributed by atoms with van der Waals surface area (Å²) in [5.41, 5.74) is 0.941. The van der Waals surface area contributed by atoms with E-state index < -0.39 is 28.5 Å². The Hall–Kier alpha value is -4.05. The van der Waals surface area contributed by atoms with Gasteiger partial charge in [-0.05, 0) is 42.5 Å². The minimum absolute atomic E-state index is 0.00779. The van der Waals surface area contributed by atoms with Crippen molar-refractivity contribution < 1.29 is 32.2 Å². The lowest BCUT2D eigenvalue weighted by Gasteiger charge is -2.19. The number of rotatable bonds is 7. The van der Waals surface area contributed by atoms with Gasteiger partial charge in [0.05, 0.1) is 16.1 Å². The number of esters is 1. The van der Waals surface area contributed by atoms with Gasteiger partial charge >= 0.3 is 5.97 Å². The molecule has 33 heavy (non-hydrogen) atoms. The molecule has 0 unspecified atom stereocenters. The molecule has 10 heteroatoms. The molecule has 0 saturated heterocycles. The van der Waals surface area contributed by atoms with Crippen LogP contribution in [0.1, 0.15) is 10.4 Å². The first-order valence-corrected chi connectivity index (χ1v) is 11.3. The molecule has 1 aliphatic heterocycles. The van der Waals surface area contributed by atoms with Crippen molar-refractivity contribution >= 4 is 33.3 Å². The topological polar surface area (TPSA) is 111 Å². The predicted molar refractivity (Wildman–Crippen MR) is 120 cm³/mol. The Bertz CT molecular complexity index is 1290. The molecular weight excluding hydrogens is 448 g/mol. The van der Waals surface area contributed by atoms with Gasteiger partial charge in [-0.2, -0.15) is 0 Å². The Morgan fingerprint density at radius 3 is 2.52 bits per heavy atom. The molecule has 0 aromatic heterocycles. The zero-order valence-electron chi connectivity index (χ0n) is 17.6. The number of nitrogens with one attached hydrogen (secondary N) is 1. The fraction of sp³-hybridized carbons (Fsp3) is 0.130. The molecule has 0 atom stereocenters. The van der Waals surface area contributed by atoms with Crippen molar-refractivity contribution in [2.24, 2.45) is 0 Å². The largest absolute Gasteiger partial charge is 0.454 e. The van der Waals surface area contributed by atoms with Crippen LogP contribution < -0.4 is 19.1 Å². The fourth-order valence-corrected chi connectivity index (χ4v) is 4.35. The third kappa shape index (κ3) is 4.90. The number of carbonyl (C=O) groups excluding carboxylic acids is 2. The second-order valence-electron chi connectivity index (χ2n) is 7.03. The molecule has 0 bridgehead atoms. The Morgan fingerprint density at radius 1 is 0.970 bits per heavy atom. The molecule has 0 saturated carbocycles. The van der Waals surface area contributed by atoms with Gasteiger partial charge in [-0.1, -0.05) is 24.3 Å². The molecule has 0 aliphatic carbocycles. The lowest BCUT2D eigenvalue weighted by Crippen LogP contribution is -2.26. The van der Waals surface area contributed by atoms with E-state index in [0.29, 0.717) is 22.9 Å². The smallest absolute Gasteiger partial charge is 0.338 e. The molecule has 170 valence electrons. The summed E-state index contributed by atoms with van der Waals surface area (Å²) < 4.78 is 42.5. The maximum Gasteiger partial charge on any atom is 0.338 e. The number of anilines is 2. The molecule has 0 fully saturated rings. The van der Waals surface area contributed by atoms with Crippen molar-refractivity contribution in [1.82, 2.24) is 0 Å². The van der Waals surface area contributed by atoms with E-state index in [-0.39, 0.29) is 17.3 Å². The van der Waals surface area contributed by atoms with Crippen LogP contribution in [0.3, 0.4) is 0 Å². The second-order valence-corrected chi connectivity index (χ2v) is 9.00. The minimum Gasteiger partial charge on any atom is -0.454 e. The molecule has 3 aromatic carbocycles. The zero-order valence-corrected chi connectivity index (χ0v) is 18.4. The Morgan fingerprint density at radius 2 is 1.73 bits per heavy atom. The van der Waals surface area contributed by atoms with Crippen LogP contribution in [0.5, 0.6) is 11.5 Å². The van der Waals surface area contributed by atoms with Gasteiger partial charge in [0.25, 0.3) is 15.9 Å². The highest BCUT2D eigenvalue weighted by atomic mass is 32.2. The molecule has 1 heterocycles. The van der Waals surface area contributed by atoms with Crippen LogP contribution in [0.15, 0.2) is 77.7 Å². The first kappa shape index (κ1) is 22.2. The van der Waals surface area contributed by atoms with Gasteiger partial charge in [0.2, 0.25) is 6.79 Å². The number of hydrogen-bond acceptors (Lipinski definition) is 7. The van der Waals surface area contributed by atoms with Crippen LogP contribution in [-0.4, -0.2) is 40.7 Å². The van der Waals surface area contributed by atoms with Crippen LogP contribution in [-0.2, 0) is 19.6 Å². The third-order valence-electron chi connectivity index (χ3n) is 4.84. The molecular formula is C23H20N2O7S. The number of carbonyl (C=O) groups is 2. The van der Waals surface area contributed by atoms with Gasteiger partial charge in [-0.25, -0.2) is 13.2 Å². The minimum atomic E-state index is -3.90.